The number of aromatic amines is 2. The Morgan fingerprint density at radius 3 is 2.71 bits per heavy atom. The first kappa shape index (κ1) is 14.5. The number of halogens is 1. The Labute approximate surface area is 140 Å². The molecule has 2 N–H and O–H groups in total. The summed E-state index contributed by atoms with van der Waals surface area (Å²) in [5, 5.41) is 13.9. The van der Waals surface area contributed by atoms with Crippen LogP contribution in [0.5, 0.6) is 11.5 Å². The lowest BCUT2D eigenvalue weighted by Gasteiger charge is -2.01. The molecular formula is C16H11ClN4O3. The lowest BCUT2D eigenvalue weighted by atomic mass is 10.1. The SMILES string of the molecule is O=c1[nH][nH]c(-c2ccc3c(c2)OCO3)c1N=Nc1ccccc1Cl. The highest BCUT2D eigenvalue weighted by atomic mass is 35.5. The maximum absolute atomic E-state index is 12.0. The number of fused-ring (bicyclic) bond motifs is 1. The third-order valence-corrected chi connectivity index (χ3v) is 3.84. The van der Waals surface area contributed by atoms with Gasteiger partial charge >= 0.3 is 0 Å². The number of nitrogens with zero attached hydrogens (tertiary/aromatic N) is 2. The number of hydrogen-bond acceptors (Lipinski definition) is 5. The van der Waals surface area contributed by atoms with Crippen molar-refractivity contribution in [1.82, 2.24) is 10.2 Å². The fourth-order valence-corrected chi connectivity index (χ4v) is 2.52. The summed E-state index contributed by atoms with van der Waals surface area (Å²) < 4.78 is 10.6. The molecule has 0 atom stereocenters. The van der Waals surface area contributed by atoms with Gasteiger partial charge in [-0.3, -0.25) is 15.0 Å². The summed E-state index contributed by atoms with van der Waals surface area (Å²) in [6.45, 7) is 0.182. The number of ether oxygens (including phenoxy) is 2. The molecule has 7 nitrogen and oxygen atoms in total. The van der Waals surface area contributed by atoms with Gasteiger partial charge in [-0.15, -0.1) is 10.2 Å². The minimum absolute atomic E-state index is 0.161. The molecule has 4 rings (SSSR count). The van der Waals surface area contributed by atoms with Gasteiger partial charge in [0.25, 0.3) is 5.56 Å². The molecule has 0 radical (unpaired) electrons. The standard InChI is InChI=1S/C16H11ClN4O3/c17-10-3-1-2-4-11(10)18-20-15-14(19-21-16(15)22)9-5-6-12-13(7-9)24-8-23-12/h1-7H,8H2,(H2,19,21,22). The van der Waals surface area contributed by atoms with Gasteiger partial charge in [-0.05, 0) is 30.3 Å². The molecule has 24 heavy (non-hydrogen) atoms. The van der Waals surface area contributed by atoms with E-state index in [0.29, 0.717) is 27.9 Å². The highest BCUT2D eigenvalue weighted by molar-refractivity contribution is 6.32. The topological polar surface area (TPSA) is 91.8 Å². The van der Waals surface area contributed by atoms with E-state index in [1.165, 1.54) is 0 Å². The van der Waals surface area contributed by atoms with Crippen molar-refractivity contribution in [3.8, 4) is 22.8 Å². The average Bonchev–Trinajstić information content (AvgIpc) is 3.20. The smallest absolute Gasteiger partial charge is 0.292 e. The van der Waals surface area contributed by atoms with E-state index in [1.54, 1.807) is 42.5 Å². The Morgan fingerprint density at radius 2 is 1.83 bits per heavy atom. The number of benzene rings is 2. The second-order valence-corrected chi connectivity index (χ2v) is 5.43. The van der Waals surface area contributed by atoms with Crippen molar-refractivity contribution in [2.75, 3.05) is 6.79 Å². The Balaban J connectivity index is 1.74. The van der Waals surface area contributed by atoms with Gasteiger partial charge in [-0.1, -0.05) is 23.7 Å². The van der Waals surface area contributed by atoms with Gasteiger partial charge in [0.05, 0.1) is 10.7 Å². The van der Waals surface area contributed by atoms with Crippen molar-refractivity contribution in [3.63, 3.8) is 0 Å². The van der Waals surface area contributed by atoms with Crippen LogP contribution in [0.2, 0.25) is 5.02 Å². The van der Waals surface area contributed by atoms with Gasteiger partial charge in [-0.2, -0.15) is 0 Å². The molecule has 0 fully saturated rings. The molecule has 0 aliphatic carbocycles. The van der Waals surface area contributed by atoms with E-state index < -0.39 is 0 Å². The monoisotopic (exact) mass is 342 g/mol. The number of azo groups is 1. The quantitative estimate of drug-likeness (QED) is 0.700. The fraction of sp³-hybridized carbons (Fsp3) is 0.0625. The summed E-state index contributed by atoms with van der Waals surface area (Å²) in [6, 6.07) is 12.4. The van der Waals surface area contributed by atoms with Gasteiger partial charge in [-0.25, -0.2) is 0 Å². The number of rotatable bonds is 3. The van der Waals surface area contributed by atoms with Crippen LogP contribution in [0, 0.1) is 0 Å². The maximum Gasteiger partial charge on any atom is 0.292 e. The summed E-state index contributed by atoms with van der Waals surface area (Å²) in [5.74, 6) is 1.28. The summed E-state index contributed by atoms with van der Waals surface area (Å²) >= 11 is 6.05. The second kappa shape index (κ2) is 5.86. The summed E-state index contributed by atoms with van der Waals surface area (Å²) in [4.78, 5) is 12.0. The Morgan fingerprint density at radius 1 is 1.00 bits per heavy atom. The summed E-state index contributed by atoms with van der Waals surface area (Å²) in [6.07, 6.45) is 0. The average molecular weight is 343 g/mol. The van der Waals surface area contributed by atoms with Crippen LogP contribution in [0.4, 0.5) is 11.4 Å². The largest absolute Gasteiger partial charge is 0.454 e. The lowest BCUT2D eigenvalue weighted by molar-refractivity contribution is 0.174. The molecule has 0 saturated heterocycles. The van der Waals surface area contributed by atoms with Crippen LogP contribution in [0.1, 0.15) is 0 Å². The van der Waals surface area contributed by atoms with E-state index in [2.05, 4.69) is 20.4 Å². The van der Waals surface area contributed by atoms with Gasteiger partial charge in [0, 0.05) is 5.56 Å². The van der Waals surface area contributed by atoms with Gasteiger partial charge in [0.1, 0.15) is 5.69 Å². The molecule has 0 unspecified atom stereocenters. The van der Waals surface area contributed by atoms with E-state index in [4.69, 9.17) is 21.1 Å². The third kappa shape index (κ3) is 2.55. The van der Waals surface area contributed by atoms with Gasteiger partial charge in [0.2, 0.25) is 6.79 Å². The molecule has 0 saturated carbocycles. The first-order valence-corrected chi connectivity index (χ1v) is 7.47. The molecule has 1 aromatic heterocycles. The van der Waals surface area contributed by atoms with Gasteiger partial charge < -0.3 is 9.47 Å². The number of hydrogen-bond donors (Lipinski definition) is 2. The first-order valence-electron chi connectivity index (χ1n) is 7.09. The van der Waals surface area contributed by atoms with Crippen molar-refractivity contribution in [2.24, 2.45) is 10.2 Å². The molecule has 0 amide bonds. The zero-order chi connectivity index (χ0) is 16.5. The van der Waals surface area contributed by atoms with Crippen LogP contribution in [0.15, 0.2) is 57.5 Å². The lowest BCUT2D eigenvalue weighted by Crippen LogP contribution is -1.96. The minimum Gasteiger partial charge on any atom is -0.454 e. The maximum atomic E-state index is 12.0. The van der Waals surface area contributed by atoms with Crippen LogP contribution in [0.3, 0.4) is 0 Å². The van der Waals surface area contributed by atoms with Crippen LogP contribution >= 0.6 is 11.6 Å². The van der Waals surface area contributed by atoms with E-state index in [1.807, 2.05) is 0 Å². The van der Waals surface area contributed by atoms with E-state index >= 15 is 0 Å². The van der Waals surface area contributed by atoms with Crippen LogP contribution < -0.4 is 15.0 Å². The van der Waals surface area contributed by atoms with Crippen LogP contribution in [0.25, 0.3) is 11.3 Å². The fourth-order valence-electron chi connectivity index (χ4n) is 2.34. The van der Waals surface area contributed by atoms with E-state index in [9.17, 15) is 4.79 Å². The number of aromatic nitrogens is 2. The molecule has 2 aromatic carbocycles. The zero-order valence-corrected chi connectivity index (χ0v) is 13.0. The summed E-state index contributed by atoms with van der Waals surface area (Å²) in [5.41, 5.74) is 1.50. The molecule has 8 heteroatoms. The Hall–Kier alpha value is -3.06. The highest BCUT2D eigenvalue weighted by Crippen LogP contribution is 2.37. The van der Waals surface area contributed by atoms with Crippen LogP contribution in [-0.2, 0) is 0 Å². The molecule has 2 heterocycles. The second-order valence-electron chi connectivity index (χ2n) is 5.02. The van der Waals surface area contributed by atoms with Crippen LogP contribution in [-0.4, -0.2) is 17.0 Å². The predicted octanol–water partition coefficient (Wildman–Crippen LogP) is 4.17. The van der Waals surface area contributed by atoms with Crippen molar-refractivity contribution in [3.05, 3.63) is 57.8 Å². The van der Waals surface area contributed by atoms with Gasteiger partial charge in [0.15, 0.2) is 17.2 Å². The predicted molar refractivity (Wildman–Crippen MR) is 88.6 cm³/mol. The summed E-state index contributed by atoms with van der Waals surface area (Å²) in [7, 11) is 0. The molecule has 120 valence electrons. The number of nitrogens with one attached hydrogen (secondary N) is 2. The normalized spacial score (nSPS) is 12.9. The van der Waals surface area contributed by atoms with Crippen molar-refractivity contribution in [1.29, 1.82) is 0 Å². The van der Waals surface area contributed by atoms with Crippen molar-refractivity contribution < 1.29 is 9.47 Å². The molecule has 3 aromatic rings. The number of H-pyrrole nitrogens is 2. The molecule has 1 aliphatic heterocycles. The Kier molecular flexibility index (Phi) is 3.55. The van der Waals surface area contributed by atoms with Crippen molar-refractivity contribution >= 4 is 23.0 Å². The zero-order valence-electron chi connectivity index (χ0n) is 12.2. The molecule has 1 aliphatic rings. The molecule has 0 bridgehead atoms. The highest BCUT2D eigenvalue weighted by Gasteiger charge is 2.17. The first-order chi connectivity index (χ1) is 11.7. The van der Waals surface area contributed by atoms with E-state index in [-0.39, 0.29) is 18.0 Å². The van der Waals surface area contributed by atoms with Crippen molar-refractivity contribution in [2.45, 2.75) is 0 Å². The Bertz CT molecular complexity index is 993. The molecule has 0 spiro atoms. The molecular weight excluding hydrogens is 332 g/mol. The van der Waals surface area contributed by atoms with E-state index in [0.717, 1.165) is 5.56 Å². The third-order valence-electron chi connectivity index (χ3n) is 3.52. The minimum atomic E-state index is -0.376.